The molecule has 0 radical (unpaired) electrons. The lowest BCUT2D eigenvalue weighted by atomic mass is 9.96. The monoisotopic (exact) mass is 505 g/mol. The van der Waals surface area contributed by atoms with E-state index in [0.29, 0.717) is 20.6 Å². The molecule has 1 fully saturated rings. The highest BCUT2D eigenvalue weighted by molar-refractivity contribution is 7.07. The molecule has 1 aromatic heterocycles. The van der Waals surface area contributed by atoms with Gasteiger partial charge < -0.3 is 9.64 Å². The predicted molar refractivity (Wildman–Crippen MR) is 139 cm³/mol. The molecule has 2 aliphatic heterocycles. The molecule has 1 saturated heterocycles. The third-order valence-corrected chi connectivity index (χ3v) is 7.70. The lowest BCUT2D eigenvalue weighted by Gasteiger charge is -2.24. The summed E-state index contributed by atoms with van der Waals surface area (Å²) in [4.78, 5) is 34.1. The number of fused-ring (bicyclic) bond motifs is 1. The van der Waals surface area contributed by atoms with Crippen molar-refractivity contribution in [3.63, 3.8) is 0 Å². The van der Waals surface area contributed by atoms with E-state index >= 15 is 0 Å². The molecule has 8 heteroatoms. The molecule has 186 valence electrons. The average Bonchev–Trinajstić information content (AvgIpc) is 3.49. The Bertz CT molecular complexity index is 1530. The molecule has 0 saturated carbocycles. The maximum Gasteiger partial charge on any atom is 0.338 e. The zero-order chi connectivity index (χ0) is 25.4. The number of ether oxygens (including phenoxy) is 1. The van der Waals surface area contributed by atoms with Crippen LogP contribution >= 0.6 is 11.3 Å². The highest BCUT2D eigenvalue weighted by atomic mass is 32.1. The molecule has 36 heavy (non-hydrogen) atoms. The Morgan fingerprint density at radius 3 is 2.56 bits per heavy atom. The van der Waals surface area contributed by atoms with Crippen LogP contribution in [0.1, 0.15) is 49.4 Å². The van der Waals surface area contributed by atoms with Crippen LogP contribution in [0.3, 0.4) is 0 Å². The standard InChI is InChI=1S/C28H28FN3O3S/c1-4-35-27(34)24-18(3)30-28-32(25(24)19-7-10-21(29)11-8-19)26(33)23(36-28)16-20-9-12-22(15-17(20)2)31-13-5-6-14-31/h7-12,15-16,25H,4-6,13-14H2,1-3H3/b23-16+/t25-/m0/s1. The molecule has 6 nitrogen and oxygen atoms in total. The normalized spacial score (nSPS) is 17.8. The second kappa shape index (κ2) is 9.85. The van der Waals surface area contributed by atoms with Gasteiger partial charge in [-0.3, -0.25) is 9.36 Å². The summed E-state index contributed by atoms with van der Waals surface area (Å²) in [6, 6.07) is 11.4. The molecule has 0 aliphatic carbocycles. The summed E-state index contributed by atoms with van der Waals surface area (Å²) >= 11 is 1.28. The van der Waals surface area contributed by atoms with Gasteiger partial charge in [0.2, 0.25) is 0 Å². The highest BCUT2D eigenvalue weighted by Crippen LogP contribution is 2.31. The minimum atomic E-state index is -0.748. The summed E-state index contributed by atoms with van der Waals surface area (Å²) < 4.78 is 21.0. The zero-order valence-corrected chi connectivity index (χ0v) is 21.4. The number of esters is 1. The van der Waals surface area contributed by atoms with Crippen LogP contribution in [0.5, 0.6) is 0 Å². The van der Waals surface area contributed by atoms with Gasteiger partial charge in [-0.25, -0.2) is 14.2 Å². The molecule has 2 aliphatic rings. The smallest absolute Gasteiger partial charge is 0.338 e. The molecule has 3 heterocycles. The molecular formula is C28H28FN3O3S. The second-order valence-corrected chi connectivity index (χ2v) is 10.1. The van der Waals surface area contributed by atoms with Crippen molar-refractivity contribution in [2.24, 2.45) is 4.99 Å². The number of carbonyl (C=O) groups excluding carboxylic acids is 1. The maximum absolute atomic E-state index is 13.7. The Morgan fingerprint density at radius 1 is 1.17 bits per heavy atom. The quantitative estimate of drug-likeness (QED) is 0.495. The number of benzene rings is 2. The summed E-state index contributed by atoms with van der Waals surface area (Å²) in [6.45, 7) is 7.86. The van der Waals surface area contributed by atoms with Gasteiger partial charge >= 0.3 is 5.97 Å². The fraction of sp³-hybridized carbons (Fsp3) is 0.321. The minimum Gasteiger partial charge on any atom is -0.463 e. The van der Waals surface area contributed by atoms with E-state index in [0.717, 1.165) is 24.2 Å². The van der Waals surface area contributed by atoms with Crippen LogP contribution in [0.15, 0.2) is 63.5 Å². The number of carbonyl (C=O) groups is 1. The van der Waals surface area contributed by atoms with Gasteiger partial charge in [-0.15, -0.1) is 0 Å². The first kappa shape index (κ1) is 24.2. The number of hydrogen-bond acceptors (Lipinski definition) is 6. The van der Waals surface area contributed by atoms with Crippen molar-refractivity contribution in [2.45, 2.75) is 39.7 Å². The SMILES string of the molecule is CCOC(=O)C1=C(C)N=c2s/c(=C/c3ccc(N4CCCC4)cc3C)c(=O)n2[C@H]1c1ccc(F)cc1. The number of aryl methyl sites for hydroxylation is 1. The summed E-state index contributed by atoms with van der Waals surface area (Å²) in [5.41, 5.74) is 4.40. The van der Waals surface area contributed by atoms with E-state index in [1.807, 2.05) is 19.1 Å². The third-order valence-electron chi connectivity index (χ3n) is 6.71. The number of aromatic nitrogens is 1. The Labute approximate surface area is 212 Å². The number of allylic oxidation sites excluding steroid dienone is 1. The van der Waals surface area contributed by atoms with Gasteiger partial charge in [0.15, 0.2) is 4.80 Å². The van der Waals surface area contributed by atoms with Crippen LogP contribution in [-0.2, 0) is 9.53 Å². The first-order valence-electron chi connectivity index (χ1n) is 12.2. The fourth-order valence-electron chi connectivity index (χ4n) is 4.89. The lowest BCUT2D eigenvalue weighted by molar-refractivity contribution is -0.139. The molecule has 0 N–H and O–H groups in total. The van der Waals surface area contributed by atoms with Crippen molar-refractivity contribution in [3.05, 3.63) is 95.9 Å². The van der Waals surface area contributed by atoms with Gasteiger partial charge in [-0.1, -0.05) is 29.5 Å². The molecule has 3 aromatic rings. The van der Waals surface area contributed by atoms with Gasteiger partial charge in [0.1, 0.15) is 5.82 Å². The molecule has 0 bridgehead atoms. The topological polar surface area (TPSA) is 63.9 Å². The Morgan fingerprint density at radius 2 is 1.89 bits per heavy atom. The van der Waals surface area contributed by atoms with E-state index in [9.17, 15) is 14.0 Å². The summed E-state index contributed by atoms with van der Waals surface area (Å²) in [6.07, 6.45) is 4.31. The number of hydrogen-bond donors (Lipinski definition) is 0. The first-order valence-corrected chi connectivity index (χ1v) is 13.0. The number of rotatable bonds is 5. The van der Waals surface area contributed by atoms with Crippen molar-refractivity contribution < 1.29 is 13.9 Å². The predicted octanol–water partition coefficient (Wildman–Crippen LogP) is 3.85. The second-order valence-electron chi connectivity index (χ2n) is 9.09. The van der Waals surface area contributed by atoms with Gasteiger partial charge in [-0.05, 0) is 80.6 Å². The zero-order valence-electron chi connectivity index (χ0n) is 20.6. The van der Waals surface area contributed by atoms with Crippen molar-refractivity contribution in [1.82, 2.24) is 4.57 Å². The highest BCUT2D eigenvalue weighted by Gasteiger charge is 2.33. The van der Waals surface area contributed by atoms with Gasteiger partial charge in [0.25, 0.3) is 5.56 Å². The van der Waals surface area contributed by atoms with Crippen LogP contribution in [0.4, 0.5) is 10.1 Å². The van der Waals surface area contributed by atoms with E-state index in [-0.39, 0.29) is 17.7 Å². The van der Waals surface area contributed by atoms with Crippen molar-refractivity contribution in [2.75, 3.05) is 24.6 Å². The molecule has 0 unspecified atom stereocenters. The number of nitrogens with zero attached hydrogens (tertiary/aromatic N) is 3. The minimum absolute atomic E-state index is 0.197. The Hall–Kier alpha value is -3.52. The van der Waals surface area contributed by atoms with Gasteiger partial charge in [-0.2, -0.15) is 0 Å². The van der Waals surface area contributed by atoms with Gasteiger partial charge in [0, 0.05) is 18.8 Å². The molecule has 5 rings (SSSR count). The largest absolute Gasteiger partial charge is 0.463 e. The fourth-order valence-corrected chi connectivity index (χ4v) is 5.92. The number of halogens is 1. The molecule has 2 aromatic carbocycles. The summed E-state index contributed by atoms with van der Waals surface area (Å²) in [7, 11) is 0. The third kappa shape index (κ3) is 4.41. The van der Waals surface area contributed by atoms with Crippen molar-refractivity contribution in [3.8, 4) is 0 Å². The Kier molecular flexibility index (Phi) is 6.62. The first-order chi connectivity index (χ1) is 17.4. The number of anilines is 1. The van der Waals surface area contributed by atoms with E-state index in [4.69, 9.17) is 4.74 Å². The molecular weight excluding hydrogens is 477 g/mol. The summed E-state index contributed by atoms with van der Waals surface area (Å²) in [5, 5.41) is 0. The number of thiazole rings is 1. The van der Waals surface area contributed by atoms with E-state index in [2.05, 4.69) is 22.0 Å². The van der Waals surface area contributed by atoms with Crippen LogP contribution in [0.25, 0.3) is 6.08 Å². The van der Waals surface area contributed by atoms with Gasteiger partial charge in [0.05, 0.1) is 28.5 Å². The van der Waals surface area contributed by atoms with Crippen LogP contribution in [0.2, 0.25) is 0 Å². The molecule has 0 amide bonds. The average molecular weight is 506 g/mol. The summed E-state index contributed by atoms with van der Waals surface area (Å²) in [5.74, 6) is -0.923. The van der Waals surface area contributed by atoms with E-state index in [1.54, 1.807) is 26.0 Å². The van der Waals surface area contributed by atoms with Crippen LogP contribution in [-0.4, -0.2) is 30.2 Å². The Balaban J connectivity index is 1.63. The molecule has 1 atom stereocenters. The van der Waals surface area contributed by atoms with Crippen molar-refractivity contribution >= 4 is 29.1 Å². The van der Waals surface area contributed by atoms with Crippen molar-refractivity contribution in [1.29, 1.82) is 0 Å². The van der Waals surface area contributed by atoms with E-state index < -0.39 is 17.8 Å². The lowest BCUT2D eigenvalue weighted by Crippen LogP contribution is -2.39. The van der Waals surface area contributed by atoms with E-state index in [1.165, 1.54) is 46.6 Å². The maximum atomic E-state index is 13.7. The van der Waals surface area contributed by atoms with Crippen LogP contribution < -0.4 is 19.8 Å². The van der Waals surface area contributed by atoms with Crippen LogP contribution in [0, 0.1) is 12.7 Å². The molecule has 0 spiro atoms.